The first kappa shape index (κ1) is 12.2. The van der Waals surface area contributed by atoms with Gasteiger partial charge in [0.2, 0.25) is 18.6 Å². The molecule has 0 unspecified atom stereocenters. The van der Waals surface area contributed by atoms with Crippen LogP contribution in [0.2, 0.25) is 0 Å². The number of ether oxygens (including phenoxy) is 2. The van der Waals surface area contributed by atoms with Crippen LogP contribution in [0.25, 0.3) is 0 Å². The molecule has 2 aliphatic heterocycles. The summed E-state index contributed by atoms with van der Waals surface area (Å²) in [4.78, 5) is 37.1. The quantitative estimate of drug-likeness (QED) is 0.813. The fraction of sp³-hybridized carbons (Fsp3) is 0.357. The van der Waals surface area contributed by atoms with Crippen molar-refractivity contribution in [3.05, 3.63) is 23.8 Å². The van der Waals surface area contributed by atoms with Gasteiger partial charge in [-0.05, 0) is 30.5 Å². The van der Waals surface area contributed by atoms with Crippen LogP contribution in [0.4, 0.5) is 4.79 Å². The van der Waals surface area contributed by atoms with E-state index >= 15 is 0 Å². The third-order valence-corrected chi connectivity index (χ3v) is 4.08. The van der Waals surface area contributed by atoms with Crippen LogP contribution in [0.1, 0.15) is 18.4 Å². The molecule has 1 aromatic rings. The molecule has 1 saturated heterocycles. The standard InChI is InChI=1S/C14H12N2O5/c17-11-14(3-4-14)12(18)16(13(19)15-11)6-8-1-2-9-10(5-8)21-7-20-9/h1-2,5H,3-4,6-7H2,(H,15,17,19). The summed E-state index contributed by atoms with van der Waals surface area (Å²) >= 11 is 0. The van der Waals surface area contributed by atoms with Crippen molar-refractivity contribution in [2.24, 2.45) is 5.41 Å². The van der Waals surface area contributed by atoms with Crippen LogP contribution in [-0.2, 0) is 16.1 Å². The van der Waals surface area contributed by atoms with Gasteiger partial charge in [0.25, 0.3) is 0 Å². The Morgan fingerprint density at radius 3 is 2.67 bits per heavy atom. The Morgan fingerprint density at radius 2 is 1.90 bits per heavy atom. The molecule has 7 nitrogen and oxygen atoms in total. The molecule has 2 heterocycles. The molecule has 1 spiro atoms. The van der Waals surface area contributed by atoms with E-state index in [0.717, 1.165) is 10.5 Å². The van der Waals surface area contributed by atoms with E-state index in [0.29, 0.717) is 24.3 Å². The van der Waals surface area contributed by atoms with Gasteiger partial charge in [-0.15, -0.1) is 0 Å². The highest BCUT2D eigenvalue weighted by Crippen LogP contribution is 2.49. The summed E-state index contributed by atoms with van der Waals surface area (Å²) in [5, 5.41) is 2.26. The lowest BCUT2D eigenvalue weighted by Crippen LogP contribution is -2.58. The first-order valence-electron chi connectivity index (χ1n) is 6.66. The second-order valence-electron chi connectivity index (χ2n) is 5.42. The molecule has 108 valence electrons. The van der Waals surface area contributed by atoms with E-state index in [9.17, 15) is 14.4 Å². The summed E-state index contributed by atoms with van der Waals surface area (Å²) in [6.45, 7) is 0.274. The van der Waals surface area contributed by atoms with Crippen molar-refractivity contribution in [1.29, 1.82) is 0 Å². The van der Waals surface area contributed by atoms with Crippen LogP contribution in [0.5, 0.6) is 11.5 Å². The van der Waals surface area contributed by atoms with Crippen LogP contribution in [0.15, 0.2) is 18.2 Å². The molecule has 1 N–H and O–H groups in total. The van der Waals surface area contributed by atoms with Crippen molar-refractivity contribution in [2.75, 3.05) is 6.79 Å². The van der Waals surface area contributed by atoms with Gasteiger partial charge in [-0.3, -0.25) is 19.8 Å². The van der Waals surface area contributed by atoms with Gasteiger partial charge >= 0.3 is 6.03 Å². The lowest BCUT2D eigenvalue weighted by molar-refractivity contribution is -0.145. The third-order valence-electron chi connectivity index (χ3n) is 4.08. The molecule has 4 amide bonds. The number of rotatable bonds is 2. The summed E-state index contributed by atoms with van der Waals surface area (Å²) in [6, 6.07) is 4.57. The van der Waals surface area contributed by atoms with Crippen molar-refractivity contribution >= 4 is 17.8 Å². The molecule has 0 radical (unpaired) electrons. The summed E-state index contributed by atoms with van der Waals surface area (Å²) in [5.41, 5.74) is -0.266. The topological polar surface area (TPSA) is 84.9 Å². The third kappa shape index (κ3) is 1.70. The van der Waals surface area contributed by atoms with Crippen molar-refractivity contribution in [1.82, 2.24) is 10.2 Å². The molecule has 4 rings (SSSR count). The second-order valence-corrected chi connectivity index (χ2v) is 5.42. The van der Waals surface area contributed by atoms with E-state index in [2.05, 4.69) is 5.32 Å². The van der Waals surface area contributed by atoms with Crippen LogP contribution >= 0.6 is 0 Å². The van der Waals surface area contributed by atoms with E-state index in [1.807, 2.05) is 0 Å². The van der Waals surface area contributed by atoms with Crippen LogP contribution < -0.4 is 14.8 Å². The van der Waals surface area contributed by atoms with Crippen molar-refractivity contribution in [3.8, 4) is 11.5 Å². The Balaban J connectivity index is 1.60. The van der Waals surface area contributed by atoms with E-state index in [1.54, 1.807) is 18.2 Å². The lowest BCUT2D eigenvalue weighted by atomic mass is 10.0. The van der Waals surface area contributed by atoms with E-state index in [-0.39, 0.29) is 13.3 Å². The zero-order valence-electron chi connectivity index (χ0n) is 11.0. The van der Waals surface area contributed by atoms with E-state index in [1.165, 1.54) is 0 Å². The van der Waals surface area contributed by atoms with Gasteiger partial charge in [0.15, 0.2) is 11.5 Å². The van der Waals surface area contributed by atoms with Crippen molar-refractivity contribution in [2.45, 2.75) is 19.4 Å². The predicted octanol–water partition coefficient (Wildman–Crippen LogP) is 0.774. The molecule has 7 heteroatoms. The van der Waals surface area contributed by atoms with Crippen LogP contribution in [0, 0.1) is 5.41 Å². The minimum atomic E-state index is -1.01. The Labute approximate surface area is 119 Å². The maximum absolute atomic E-state index is 12.4. The average molecular weight is 288 g/mol. The minimum absolute atomic E-state index is 0.107. The molecule has 0 atom stereocenters. The number of benzene rings is 1. The SMILES string of the molecule is O=C1NC(=O)C2(CC2)C(=O)N1Cc1ccc2c(c1)OCO2. The van der Waals surface area contributed by atoms with Crippen molar-refractivity contribution < 1.29 is 23.9 Å². The molecule has 3 aliphatic rings. The highest BCUT2D eigenvalue weighted by molar-refractivity contribution is 6.20. The number of hydrogen-bond donors (Lipinski definition) is 1. The maximum atomic E-state index is 12.4. The van der Waals surface area contributed by atoms with E-state index in [4.69, 9.17) is 9.47 Å². The Morgan fingerprint density at radius 1 is 1.14 bits per heavy atom. The zero-order valence-corrected chi connectivity index (χ0v) is 11.0. The first-order valence-corrected chi connectivity index (χ1v) is 6.66. The lowest BCUT2D eigenvalue weighted by Gasteiger charge is -2.30. The average Bonchev–Trinajstić information content (AvgIpc) is 3.14. The minimum Gasteiger partial charge on any atom is -0.454 e. The number of fused-ring (bicyclic) bond motifs is 1. The number of nitrogens with one attached hydrogen (secondary N) is 1. The summed E-state index contributed by atoms with van der Waals surface area (Å²) in [6.07, 6.45) is 1.01. The van der Waals surface area contributed by atoms with Gasteiger partial charge in [0.1, 0.15) is 5.41 Å². The van der Waals surface area contributed by atoms with Gasteiger partial charge in [0.05, 0.1) is 6.54 Å². The first-order chi connectivity index (χ1) is 10.1. The van der Waals surface area contributed by atoms with Crippen molar-refractivity contribution in [3.63, 3.8) is 0 Å². The molecule has 21 heavy (non-hydrogen) atoms. The number of carbonyl (C=O) groups excluding carboxylic acids is 3. The Bertz CT molecular complexity index is 680. The second kappa shape index (κ2) is 3.97. The molecular formula is C14H12N2O5. The fourth-order valence-electron chi connectivity index (χ4n) is 2.66. The number of amides is 4. The van der Waals surface area contributed by atoms with Gasteiger partial charge < -0.3 is 9.47 Å². The van der Waals surface area contributed by atoms with Crippen LogP contribution in [0.3, 0.4) is 0 Å². The smallest absolute Gasteiger partial charge is 0.331 e. The van der Waals surface area contributed by atoms with Gasteiger partial charge in [0, 0.05) is 0 Å². The molecule has 1 aliphatic carbocycles. The maximum Gasteiger partial charge on any atom is 0.331 e. The zero-order chi connectivity index (χ0) is 14.6. The number of hydrogen-bond acceptors (Lipinski definition) is 5. The van der Waals surface area contributed by atoms with Gasteiger partial charge in [-0.1, -0.05) is 6.07 Å². The normalized spacial score (nSPS) is 21.7. The molecule has 0 aromatic heterocycles. The largest absolute Gasteiger partial charge is 0.454 e. The highest BCUT2D eigenvalue weighted by atomic mass is 16.7. The summed E-state index contributed by atoms with van der Waals surface area (Å²) < 4.78 is 10.5. The number of barbiturate groups is 1. The molecule has 1 saturated carbocycles. The van der Waals surface area contributed by atoms with E-state index < -0.39 is 23.3 Å². The number of carbonyl (C=O) groups is 3. The molecule has 0 bridgehead atoms. The molecular weight excluding hydrogens is 276 g/mol. The fourth-order valence-corrected chi connectivity index (χ4v) is 2.66. The number of nitrogens with zero attached hydrogens (tertiary/aromatic N) is 1. The van der Waals surface area contributed by atoms with Gasteiger partial charge in [-0.25, -0.2) is 4.79 Å². The van der Waals surface area contributed by atoms with Gasteiger partial charge in [-0.2, -0.15) is 0 Å². The number of urea groups is 1. The highest BCUT2D eigenvalue weighted by Gasteiger charge is 2.62. The number of imide groups is 2. The monoisotopic (exact) mass is 288 g/mol. The predicted molar refractivity (Wildman–Crippen MR) is 68.3 cm³/mol. The Kier molecular flexibility index (Phi) is 2.30. The van der Waals surface area contributed by atoms with Crippen LogP contribution in [-0.4, -0.2) is 29.5 Å². The summed E-state index contributed by atoms with van der Waals surface area (Å²) in [5.74, 6) is 0.352. The Hall–Kier alpha value is -2.57. The summed E-state index contributed by atoms with van der Waals surface area (Å²) in [7, 11) is 0. The molecule has 2 fully saturated rings. The molecule has 1 aromatic carbocycles.